The highest BCUT2D eigenvalue weighted by Gasteiger charge is 2.46. The summed E-state index contributed by atoms with van der Waals surface area (Å²) in [5.74, 6) is -0.513. The van der Waals surface area contributed by atoms with Crippen molar-refractivity contribution in [2.75, 3.05) is 18.8 Å². The third-order valence-corrected chi connectivity index (χ3v) is 11.5. The quantitative estimate of drug-likeness (QED) is 0.107. The molecule has 1 saturated carbocycles. The Morgan fingerprint density at radius 1 is 0.961 bits per heavy atom. The van der Waals surface area contributed by atoms with Gasteiger partial charge in [-0.05, 0) is 66.8 Å². The minimum Gasteiger partial charge on any atom is -0.390 e. The number of aromatic nitrogens is 1. The van der Waals surface area contributed by atoms with Crippen molar-refractivity contribution in [3.8, 4) is 0 Å². The van der Waals surface area contributed by atoms with Crippen molar-refractivity contribution in [1.82, 2.24) is 25.2 Å². The number of nitrogens with two attached hydrogens (primary N) is 1. The van der Waals surface area contributed by atoms with Gasteiger partial charge < -0.3 is 21.5 Å². The Kier molecular flexibility index (Phi) is 12.3. The first-order chi connectivity index (χ1) is 24.1. The van der Waals surface area contributed by atoms with Crippen molar-refractivity contribution in [1.29, 1.82) is 0 Å². The zero-order chi connectivity index (χ0) is 36.9. The number of thiazole rings is 1. The third-order valence-electron chi connectivity index (χ3n) is 9.24. The van der Waals surface area contributed by atoms with Crippen molar-refractivity contribution in [2.45, 2.75) is 95.5 Å². The van der Waals surface area contributed by atoms with Crippen molar-refractivity contribution >= 4 is 49.5 Å². The molecule has 0 radical (unpaired) electrons. The molecule has 1 aromatic heterocycles. The number of carbonyl (C=O) groups is 2. The van der Waals surface area contributed by atoms with Gasteiger partial charge in [-0.3, -0.25) is 14.9 Å². The normalized spacial score (nSPS) is 17.1. The average molecular weight is 733 g/mol. The second-order valence-corrected chi connectivity index (χ2v) is 17.7. The van der Waals surface area contributed by atoms with Gasteiger partial charge in [0.25, 0.3) is 0 Å². The number of anilines is 1. The molecule has 12 heteroatoms. The Morgan fingerprint density at radius 2 is 1.61 bits per heavy atom. The fraction of sp³-hybridized carbons (Fsp3) is 0.462. The number of amides is 2. The number of rotatable bonds is 16. The molecular weight excluding hydrogens is 681 g/mol. The van der Waals surface area contributed by atoms with Gasteiger partial charge in [0.15, 0.2) is 5.13 Å². The molecule has 1 aliphatic rings. The minimum absolute atomic E-state index is 0.0422. The van der Waals surface area contributed by atoms with E-state index in [1.54, 1.807) is 16.4 Å². The van der Waals surface area contributed by atoms with Crippen LogP contribution in [0.3, 0.4) is 0 Å². The first-order valence-electron chi connectivity index (χ1n) is 17.6. The Balaban J connectivity index is 1.33. The van der Waals surface area contributed by atoms with Crippen LogP contribution in [0.5, 0.6) is 0 Å². The Bertz CT molecular complexity index is 1810. The van der Waals surface area contributed by atoms with Crippen LogP contribution in [-0.2, 0) is 32.5 Å². The number of nitrogens with one attached hydrogen (secondary N) is 3. The van der Waals surface area contributed by atoms with E-state index >= 15 is 0 Å². The van der Waals surface area contributed by atoms with Crippen LogP contribution in [0.1, 0.15) is 65.5 Å². The van der Waals surface area contributed by atoms with E-state index in [4.69, 9.17) is 5.73 Å². The van der Waals surface area contributed by atoms with E-state index in [2.05, 4.69) is 33.1 Å². The van der Waals surface area contributed by atoms with Gasteiger partial charge in [-0.1, -0.05) is 107 Å². The van der Waals surface area contributed by atoms with Gasteiger partial charge in [-0.25, -0.2) is 13.5 Å². The van der Waals surface area contributed by atoms with E-state index in [1.807, 2.05) is 96.1 Å². The van der Waals surface area contributed by atoms with Crippen LogP contribution in [-0.4, -0.2) is 67.7 Å². The molecule has 1 heterocycles. The fourth-order valence-corrected chi connectivity index (χ4v) is 8.64. The molecule has 6 N–H and O–H groups in total. The maximum atomic E-state index is 14.2. The molecule has 0 saturated heterocycles. The topological polar surface area (TPSA) is 150 Å². The first-order valence-corrected chi connectivity index (χ1v) is 19.6. The summed E-state index contributed by atoms with van der Waals surface area (Å²) >= 11 is 1.33. The SMILES string of the molecule is CC(C)CN(C[C@@H](O)[C@H](Cc1ccccc1)NC(=O)C(NC(=O)[C@@H](C)NC1(c2ccccc2)CC1)C(C)(C)C)S(=O)c1ccc2nc(N)sc2c1. The molecule has 1 aliphatic carbocycles. The average Bonchev–Trinajstić information content (AvgIpc) is 3.77. The van der Waals surface area contributed by atoms with Gasteiger partial charge in [-0.2, -0.15) is 0 Å². The van der Waals surface area contributed by atoms with Gasteiger partial charge >= 0.3 is 0 Å². The predicted molar refractivity (Wildman–Crippen MR) is 206 cm³/mol. The number of benzene rings is 3. The number of hydrogen-bond acceptors (Lipinski definition) is 8. The van der Waals surface area contributed by atoms with E-state index in [0.717, 1.165) is 34.2 Å². The third kappa shape index (κ3) is 10.0. The van der Waals surface area contributed by atoms with Crippen molar-refractivity contribution < 1.29 is 18.9 Å². The summed E-state index contributed by atoms with van der Waals surface area (Å²) in [7, 11) is -1.60. The summed E-state index contributed by atoms with van der Waals surface area (Å²) in [6.45, 7) is 12.1. The van der Waals surface area contributed by atoms with E-state index in [0.29, 0.717) is 23.0 Å². The largest absolute Gasteiger partial charge is 0.390 e. The number of aliphatic hydroxyl groups excluding tert-OH is 1. The lowest BCUT2D eigenvalue weighted by Gasteiger charge is -2.35. The fourth-order valence-electron chi connectivity index (χ4n) is 6.37. The zero-order valence-corrected chi connectivity index (χ0v) is 32.0. The molecule has 274 valence electrons. The first kappa shape index (κ1) is 38.5. The van der Waals surface area contributed by atoms with Crippen LogP contribution in [0.25, 0.3) is 10.2 Å². The van der Waals surface area contributed by atoms with Crippen molar-refractivity contribution in [3.05, 3.63) is 90.0 Å². The molecule has 3 aromatic carbocycles. The van der Waals surface area contributed by atoms with Crippen molar-refractivity contribution in [3.63, 3.8) is 0 Å². The van der Waals surface area contributed by atoms with Crippen LogP contribution >= 0.6 is 11.3 Å². The Morgan fingerprint density at radius 3 is 2.22 bits per heavy atom. The van der Waals surface area contributed by atoms with Gasteiger partial charge in [0, 0.05) is 18.6 Å². The van der Waals surface area contributed by atoms with Crippen molar-refractivity contribution in [2.24, 2.45) is 11.3 Å². The van der Waals surface area contributed by atoms with Gasteiger partial charge in [0.05, 0.1) is 33.3 Å². The van der Waals surface area contributed by atoms with E-state index in [9.17, 15) is 18.9 Å². The number of aliphatic hydroxyl groups is 1. The number of carbonyl (C=O) groups excluding carboxylic acids is 2. The van der Waals surface area contributed by atoms with E-state index in [-0.39, 0.29) is 23.9 Å². The van der Waals surface area contributed by atoms with Crippen LogP contribution in [0.2, 0.25) is 0 Å². The smallest absolute Gasteiger partial charge is 0.243 e. The zero-order valence-electron chi connectivity index (χ0n) is 30.4. The lowest BCUT2D eigenvalue weighted by atomic mass is 9.85. The van der Waals surface area contributed by atoms with Gasteiger partial charge in [-0.15, -0.1) is 0 Å². The molecule has 5 atom stereocenters. The van der Waals surface area contributed by atoms with E-state index in [1.165, 1.54) is 11.3 Å². The molecule has 2 amide bonds. The Labute approximate surface area is 308 Å². The lowest BCUT2D eigenvalue weighted by molar-refractivity contribution is -0.133. The van der Waals surface area contributed by atoms with E-state index < -0.39 is 46.5 Å². The highest BCUT2D eigenvalue weighted by Crippen LogP contribution is 2.45. The Hall–Kier alpha value is -3.68. The van der Waals surface area contributed by atoms with Crippen LogP contribution in [0.4, 0.5) is 5.13 Å². The highest BCUT2D eigenvalue weighted by molar-refractivity contribution is 7.82. The molecule has 0 spiro atoms. The molecule has 10 nitrogen and oxygen atoms in total. The minimum atomic E-state index is -1.60. The summed E-state index contributed by atoms with van der Waals surface area (Å²) in [5.41, 5.74) is 7.85. The monoisotopic (exact) mass is 732 g/mol. The molecule has 51 heavy (non-hydrogen) atoms. The molecular formula is C39H52N6O4S2. The number of nitrogen functional groups attached to an aromatic ring is 1. The summed E-state index contributed by atoms with van der Waals surface area (Å²) in [6.07, 6.45) is 1.12. The maximum Gasteiger partial charge on any atom is 0.243 e. The second kappa shape index (κ2) is 16.3. The summed E-state index contributed by atoms with van der Waals surface area (Å²) < 4.78 is 16.6. The summed E-state index contributed by atoms with van der Waals surface area (Å²) in [5, 5.41) is 21.9. The van der Waals surface area contributed by atoms with Crippen LogP contribution < -0.4 is 21.7 Å². The standard InChI is InChI=1S/C39H52N6O4S2/c1-25(2)23-45(51(49)29-17-18-30-33(22-29)50-37(40)42-30)24-32(46)31(21-27-13-9-7-10-14-27)41-36(48)34(38(4,5)6)43-35(47)26(3)44-39(19-20-39)28-15-11-8-12-16-28/h7-18,22,25-26,31-32,34,44,46H,19-21,23-24H2,1-6H3,(H2,40,42)(H,41,48)(H,43,47)/t26-,31+,32-,34?,51?/m1/s1. The molecule has 0 aliphatic heterocycles. The van der Waals surface area contributed by atoms with Crippen LogP contribution in [0, 0.1) is 11.3 Å². The molecule has 1 fully saturated rings. The second-order valence-electron chi connectivity index (χ2n) is 15.2. The summed E-state index contributed by atoms with van der Waals surface area (Å²) in [4.78, 5) is 32.7. The number of fused-ring (bicyclic) bond motifs is 1. The van der Waals surface area contributed by atoms with Gasteiger partial charge in [0.2, 0.25) is 11.8 Å². The molecule has 2 unspecified atom stereocenters. The molecule has 4 aromatic rings. The predicted octanol–water partition coefficient (Wildman–Crippen LogP) is 5.15. The van der Waals surface area contributed by atoms with Gasteiger partial charge in [0.1, 0.15) is 17.0 Å². The maximum absolute atomic E-state index is 14.2. The number of hydrogen-bond donors (Lipinski definition) is 5. The lowest BCUT2D eigenvalue weighted by Crippen LogP contribution is -2.60. The number of nitrogens with zero attached hydrogens (tertiary/aromatic N) is 2. The van der Waals surface area contributed by atoms with Crippen LogP contribution in [0.15, 0.2) is 83.8 Å². The highest BCUT2D eigenvalue weighted by atomic mass is 32.2. The molecule has 5 rings (SSSR count). The molecule has 0 bridgehead atoms. The summed E-state index contributed by atoms with van der Waals surface area (Å²) in [6, 6.07) is 23.0.